The molecule has 4 heteroatoms. The van der Waals surface area contributed by atoms with E-state index < -0.39 is 0 Å². The average Bonchev–Trinajstić information content (AvgIpc) is 3.09. The summed E-state index contributed by atoms with van der Waals surface area (Å²) < 4.78 is 4.32. The van der Waals surface area contributed by atoms with Crippen LogP contribution in [0.25, 0.3) is 17.8 Å². The molecule has 0 aromatic carbocycles. The molecule has 2 aromatic heterocycles. The smallest absolute Gasteiger partial charge is 0.0565 e. The number of nitrogens with zero attached hydrogens (tertiary/aromatic N) is 4. The highest BCUT2D eigenvalue weighted by Gasteiger charge is 2.30. The summed E-state index contributed by atoms with van der Waals surface area (Å²) in [5, 5.41) is 4.32. The number of likely N-dealkylation sites (N-methyl/N-ethyl adjacent to an activating group) is 1. The van der Waals surface area contributed by atoms with Crippen LogP contribution in [0, 0.1) is 5.41 Å². The quantitative estimate of drug-likeness (QED) is 0.833. The molecule has 4 rings (SSSR count). The lowest BCUT2D eigenvalue weighted by Crippen LogP contribution is -2.27. The Morgan fingerprint density at radius 2 is 2.04 bits per heavy atom. The Bertz CT molecular complexity index is 876. The summed E-state index contributed by atoms with van der Waals surface area (Å²) in [5.41, 5.74) is 8.65. The van der Waals surface area contributed by atoms with Gasteiger partial charge in [-0.1, -0.05) is 19.9 Å². The molecular weight excluding hydrogens is 308 g/mol. The minimum atomic E-state index is 0.241. The van der Waals surface area contributed by atoms with Gasteiger partial charge in [0.15, 0.2) is 0 Å². The summed E-state index contributed by atoms with van der Waals surface area (Å²) in [6, 6.07) is 0. The molecule has 3 heterocycles. The van der Waals surface area contributed by atoms with Crippen molar-refractivity contribution < 1.29 is 0 Å². The number of fused-ring (bicyclic) bond motifs is 3. The lowest BCUT2D eigenvalue weighted by Gasteiger charge is -2.27. The molecular formula is C21H28N4. The second kappa shape index (κ2) is 5.73. The van der Waals surface area contributed by atoms with Gasteiger partial charge in [-0.25, -0.2) is 0 Å². The van der Waals surface area contributed by atoms with E-state index >= 15 is 0 Å². The SMILES string of the molecule is C/C(=C\n1c2c(c3c1CCN(C)C3)CC(C)(C)C=C2)c1cnn(C)c1. The van der Waals surface area contributed by atoms with Crippen molar-refractivity contribution >= 4 is 17.8 Å². The maximum absolute atomic E-state index is 4.32. The van der Waals surface area contributed by atoms with Gasteiger partial charge < -0.3 is 9.47 Å². The number of hydrogen-bond acceptors (Lipinski definition) is 2. The van der Waals surface area contributed by atoms with Gasteiger partial charge in [-0.2, -0.15) is 5.10 Å². The summed E-state index contributed by atoms with van der Waals surface area (Å²) in [7, 11) is 4.20. The topological polar surface area (TPSA) is 26.0 Å². The van der Waals surface area contributed by atoms with Gasteiger partial charge in [-0.05, 0) is 48.6 Å². The lowest BCUT2D eigenvalue weighted by atomic mass is 9.80. The molecule has 0 spiro atoms. The molecule has 0 atom stereocenters. The molecule has 0 unspecified atom stereocenters. The molecule has 0 fully saturated rings. The van der Waals surface area contributed by atoms with Crippen LogP contribution >= 0.6 is 0 Å². The van der Waals surface area contributed by atoms with Crippen molar-refractivity contribution in [2.45, 2.75) is 40.2 Å². The van der Waals surface area contributed by atoms with Gasteiger partial charge in [-0.3, -0.25) is 4.68 Å². The predicted molar refractivity (Wildman–Crippen MR) is 104 cm³/mol. The maximum Gasteiger partial charge on any atom is 0.0565 e. The van der Waals surface area contributed by atoms with E-state index in [4.69, 9.17) is 0 Å². The third kappa shape index (κ3) is 2.89. The fourth-order valence-corrected chi connectivity index (χ4v) is 4.11. The standard InChI is InChI=1S/C21H28N4/c1-15(16-11-22-24(5)13-16)12-25-19-6-8-21(2,3)10-17(19)18-14-23(4)9-7-20(18)25/h6,8,11-13H,7,9-10,14H2,1-5H3/b15-12+. The minimum absolute atomic E-state index is 0.241. The molecule has 1 aliphatic heterocycles. The van der Waals surface area contributed by atoms with Crippen LogP contribution in [0.1, 0.15) is 48.8 Å². The van der Waals surface area contributed by atoms with Crippen LogP contribution < -0.4 is 0 Å². The zero-order chi connectivity index (χ0) is 17.8. The first-order valence-corrected chi connectivity index (χ1v) is 9.14. The van der Waals surface area contributed by atoms with E-state index in [1.807, 2.05) is 17.9 Å². The molecule has 0 N–H and O–H groups in total. The van der Waals surface area contributed by atoms with E-state index in [1.54, 1.807) is 11.1 Å². The van der Waals surface area contributed by atoms with Gasteiger partial charge in [0.25, 0.3) is 0 Å². The van der Waals surface area contributed by atoms with Gasteiger partial charge in [0, 0.05) is 55.9 Å². The van der Waals surface area contributed by atoms with Crippen LogP contribution in [0.4, 0.5) is 0 Å². The Labute approximate surface area is 150 Å². The molecule has 0 saturated carbocycles. The van der Waals surface area contributed by atoms with E-state index in [1.165, 1.54) is 22.5 Å². The van der Waals surface area contributed by atoms with Gasteiger partial charge in [-0.15, -0.1) is 0 Å². The fourth-order valence-electron chi connectivity index (χ4n) is 4.11. The van der Waals surface area contributed by atoms with Crippen LogP contribution in [0.5, 0.6) is 0 Å². The molecule has 132 valence electrons. The van der Waals surface area contributed by atoms with Gasteiger partial charge in [0.05, 0.1) is 6.20 Å². The Morgan fingerprint density at radius 3 is 2.76 bits per heavy atom. The number of hydrogen-bond donors (Lipinski definition) is 0. The first kappa shape index (κ1) is 16.4. The van der Waals surface area contributed by atoms with E-state index in [2.05, 4.69) is 66.9 Å². The Morgan fingerprint density at radius 1 is 1.24 bits per heavy atom. The third-order valence-electron chi connectivity index (χ3n) is 5.54. The lowest BCUT2D eigenvalue weighted by molar-refractivity contribution is 0.308. The summed E-state index contributed by atoms with van der Waals surface area (Å²) >= 11 is 0. The molecule has 0 saturated heterocycles. The van der Waals surface area contributed by atoms with E-state index in [0.717, 1.165) is 25.9 Å². The zero-order valence-corrected chi connectivity index (χ0v) is 16.0. The van der Waals surface area contributed by atoms with Gasteiger partial charge in [0.1, 0.15) is 0 Å². The minimum Gasteiger partial charge on any atom is -0.320 e. The normalized spacial score (nSPS) is 19.8. The fraction of sp³-hybridized carbons (Fsp3) is 0.476. The summed E-state index contributed by atoms with van der Waals surface area (Å²) in [6.45, 7) is 9.04. The van der Waals surface area contributed by atoms with Gasteiger partial charge >= 0.3 is 0 Å². The first-order chi connectivity index (χ1) is 11.8. The van der Waals surface area contributed by atoms with Crippen molar-refractivity contribution in [2.75, 3.05) is 13.6 Å². The summed E-state index contributed by atoms with van der Waals surface area (Å²) in [5.74, 6) is 0. The predicted octanol–water partition coefficient (Wildman–Crippen LogP) is 3.82. The van der Waals surface area contributed by atoms with Crippen LogP contribution in [0.15, 0.2) is 18.5 Å². The summed E-state index contributed by atoms with van der Waals surface area (Å²) in [4.78, 5) is 2.44. The highest BCUT2D eigenvalue weighted by Crippen LogP contribution is 2.39. The van der Waals surface area contributed by atoms with E-state index in [-0.39, 0.29) is 5.41 Å². The molecule has 4 nitrogen and oxygen atoms in total. The van der Waals surface area contributed by atoms with Gasteiger partial charge in [0.2, 0.25) is 0 Å². The second-order valence-electron chi connectivity index (χ2n) is 8.36. The van der Waals surface area contributed by atoms with Crippen molar-refractivity contribution in [2.24, 2.45) is 12.5 Å². The van der Waals surface area contributed by atoms with Crippen molar-refractivity contribution in [3.8, 4) is 0 Å². The first-order valence-electron chi connectivity index (χ1n) is 9.14. The molecule has 0 radical (unpaired) electrons. The third-order valence-corrected chi connectivity index (χ3v) is 5.54. The molecule has 0 amide bonds. The zero-order valence-electron chi connectivity index (χ0n) is 16.0. The highest BCUT2D eigenvalue weighted by molar-refractivity contribution is 5.76. The molecule has 25 heavy (non-hydrogen) atoms. The van der Waals surface area contributed by atoms with Crippen LogP contribution in [-0.4, -0.2) is 32.8 Å². The Balaban J connectivity index is 1.86. The summed E-state index contributed by atoms with van der Waals surface area (Å²) in [6.07, 6.45) is 13.3. The van der Waals surface area contributed by atoms with Crippen molar-refractivity contribution in [3.05, 3.63) is 46.5 Å². The molecule has 2 aliphatic rings. The highest BCUT2D eigenvalue weighted by atomic mass is 15.2. The number of rotatable bonds is 2. The van der Waals surface area contributed by atoms with Crippen LogP contribution in [0.2, 0.25) is 0 Å². The van der Waals surface area contributed by atoms with Crippen molar-refractivity contribution in [1.29, 1.82) is 0 Å². The maximum atomic E-state index is 4.32. The molecule has 1 aliphatic carbocycles. The Hall–Kier alpha value is -2.07. The average molecular weight is 336 g/mol. The molecule has 0 bridgehead atoms. The van der Waals surface area contributed by atoms with Crippen LogP contribution in [-0.2, 0) is 26.4 Å². The Kier molecular flexibility index (Phi) is 3.76. The number of allylic oxidation sites excluding steroid dienone is 2. The molecule has 2 aromatic rings. The van der Waals surface area contributed by atoms with Crippen molar-refractivity contribution in [3.63, 3.8) is 0 Å². The van der Waals surface area contributed by atoms with Crippen molar-refractivity contribution in [1.82, 2.24) is 19.2 Å². The van der Waals surface area contributed by atoms with Crippen LogP contribution in [0.3, 0.4) is 0 Å². The monoisotopic (exact) mass is 336 g/mol. The number of aromatic nitrogens is 3. The van der Waals surface area contributed by atoms with E-state index in [9.17, 15) is 0 Å². The van der Waals surface area contributed by atoms with E-state index in [0.29, 0.717) is 0 Å². The largest absolute Gasteiger partial charge is 0.320 e. The number of aryl methyl sites for hydroxylation is 1. The second-order valence-corrected chi connectivity index (χ2v) is 8.36.